The van der Waals surface area contributed by atoms with Crippen LogP contribution in [0.4, 0.5) is 11.4 Å². The molecule has 10 nitrogen and oxygen atoms in total. The zero-order valence-electron chi connectivity index (χ0n) is 17.5. The van der Waals surface area contributed by atoms with Gasteiger partial charge in [-0.3, -0.25) is 24.5 Å². The number of Topliss-reactive ketones (excluding diaryl/α,β-unsaturated/α-hetero) is 1. The SMILES string of the molecule is CC/C(CC(=O)CCC(=O)Nc1ccccc1[N+](=O)[O-])=N/NC(=O)C[n+]1ccccc1.[Cl-]. The highest BCUT2D eigenvalue weighted by Gasteiger charge is 2.16. The lowest BCUT2D eigenvalue weighted by atomic mass is 10.1. The first-order valence-corrected chi connectivity index (χ1v) is 9.72. The first kappa shape index (κ1) is 26.4. The summed E-state index contributed by atoms with van der Waals surface area (Å²) in [7, 11) is 0. The number of carbonyl (C=O) groups excluding carboxylic acids is 3. The van der Waals surface area contributed by atoms with Crippen LogP contribution < -0.4 is 27.7 Å². The molecule has 0 aliphatic rings. The summed E-state index contributed by atoms with van der Waals surface area (Å²) in [6.45, 7) is 1.91. The molecule has 170 valence electrons. The van der Waals surface area contributed by atoms with Gasteiger partial charge in [-0.1, -0.05) is 25.1 Å². The fourth-order valence-electron chi connectivity index (χ4n) is 2.65. The van der Waals surface area contributed by atoms with Crippen LogP contribution in [0.5, 0.6) is 0 Å². The van der Waals surface area contributed by atoms with Crippen LogP contribution in [0.15, 0.2) is 60.0 Å². The van der Waals surface area contributed by atoms with Crippen LogP contribution in [0.1, 0.15) is 32.6 Å². The number of halogens is 1. The molecule has 0 aliphatic heterocycles. The number of hydrogen-bond donors (Lipinski definition) is 2. The Hall–Kier alpha value is -3.66. The average molecular weight is 462 g/mol. The average Bonchev–Trinajstić information content (AvgIpc) is 2.76. The number of nitro groups is 1. The van der Waals surface area contributed by atoms with E-state index in [4.69, 9.17) is 0 Å². The second kappa shape index (κ2) is 13.6. The Morgan fingerprint density at radius 3 is 2.38 bits per heavy atom. The van der Waals surface area contributed by atoms with Crippen LogP contribution in [0, 0.1) is 10.1 Å². The van der Waals surface area contributed by atoms with E-state index in [1.165, 1.54) is 18.2 Å². The summed E-state index contributed by atoms with van der Waals surface area (Å²) in [5, 5.41) is 17.5. The number of hydrogen-bond acceptors (Lipinski definition) is 6. The predicted octanol–water partition coefficient (Wildman–Crippen LogP) is -0.853. The quantitative estimate of drug-likeness (QED) is 0.194. The van der Waals surface area contributed by atoms with Crippen molar-refractivity contribution in [1.29, 1.82) is 0 Å². The van der Waals surface area contributed by atoms with Crippen molar-refractivity contribution in [2.24, 2.45) is 5.10 Å². The van der Waals surface area contributed by atoms with Crippen molar-refractivity contribution >= 4 is 34.7 Å². The van der Waals surface area contributed by atoms with E-state index < -0.39 is 10.8 Å². The molecular formula is C21H24ClN5O5. The van der Waals surface area contributed by atoms with Crippen molar-refractivity contribution in [3.8, 4) is 0 Å². The molecule has 1 aromatic carbocycles. The largest absolute Gasteiger partial charge is 1.00 e. The van der Waals surface area contributed by atoms with Gasteiger partial charge < -0.3 is 17.7 Å². The van der Waals surface area contributed by atoms with Gasteiger partial charge in [0, 0.05) is 43.2 Å². The monoisotopic (exact) mass is 461 g/mol. The van der Waals surface area contributed by atoms with Crippen LogP contribution in [0.2, 0.25) is 0 Å². The maximum absolute atomic E-state index is 12.2. The van der Waals surface area contributed by atoms with Gasteiger partial charge in [0.2, 0.25) is 12.5 Å². The molecule has 0 fully saturated rings. The molecule has 0 aliphatic carbocycles. The minimum atomic E-state index is -0.588. The van der Waals surface area contributed by atoms with Crippen LogP contribution in [-0.2, 0) is 20.9 Å². The summed E-state index contributed by atoms with van der Waals surface area (Å²) in [6, 6.07) is 11.2. The van der Waals surface area contributed by atoms with Gasteiger partial charge in [0.05, 0.1) is 4.92 Å². The molecule has 0 radical (unpaired) electrons. The Labute approximate surface area is 191 Å². The molecule has 2 aromatic rings. The number of carbonyl (C=O) groups is 3. The summed E-state index contributed by atoms with van der Waals surface area (Å²) in [4.78, 5) is 46.6. The third kappa shape index (κ3) is 9.00. The van der Waals surface area contributed by atoms with Crippen molar-refractivity contribution in [1.82, 2.24) is 5.43 Å². The molecule has 0 saturated carbocycles. The molecule has 1 aromatic heterocycles. The van der Waals surface area contributed by atoms with Gasteiger partial charge in [0.1, 0.15) is 11.5 Å². The zero-order chi connectivity index (χ0) is 22.6. The van der Waals surface area contributed by atoms with E-state index in [2.05, 4.69) is 15.8 Å². The number of aromatic nitrogens is 1. The van der Waals surface area contributed by atoms with Gasteiger partial charge in [-0.15, -0.1) is 0 Å². The smallest absolute Gasteiger partial charge is 0.305 e. The predicted molar refractivity (Wildman–Crippen MR) is 113 cm³/mol. The van der Waals surface area contributed by atoms with E-state index in [0.29, 0.717) is 12.1 Å². The molecule has 11 heteroatoms. The summed E-state index contributed by atoms with van der Waals surface area (Å²) >= 11 is 0. The maximum atomic E-state index is 12.2. The van der Waals surface area contributed by atoms with Gasteiger partial charge in [0.25, 0.3) is 5.69 Å². The summed E-state index contributed by atoms with van der Waals surface area (Å²) in [6.07, 6.45) is 3.82. The molecule has 2 rings (SSSR count). The molecule has 0 bridgehead atoms. The molecule has 0 saturated heterocycles. The molecule has 0 unspecified atom stereocenters. The zero-order valence-corrected chi connectivity index (χ0v) is 18.2. The fourth-order valence-corrected chi connectivity index (χ4v) is 2.65. The Kier molecular flexibility index (Phi) is 11.2. The highest BCUT2D eigenvalue weighted by molar-refractivity contribution is 6.03. The standard InChI is InChI=1S/C21H23N5O5.ClH/c1-2-16(23-24-21(29)15-25-12-6-3-7-13-25)14-17(27)10-11-20(28)22-18-8-4-5-9-19(18)26(30)31;/h3-9,12-13H,2,10-11,14-15H2,1H3,(H-,22,24,28,29);1H/b23-16-;. The Morgan fingerprint density at radius 2 is 1.72 bits per heavy atom. The maximum Gasteiger partial charge on any atom is 0.305 e. The molecule has 1 heterocycles. The van der Waals surface area contributed by atoms with Gasteiger partial charge in [-0.25, -0.2) is 5.43 Å². The van der Waals surface area contributed by atoms with Crippen molar-refractivity contribution in [3.05, 3.63) is 65.0 Å². The lowest BCUT2D eigenvalue weighted by molar-refractivity contribution is -0.684. The van der Waals surface area contributed by atoms with Gasteiger partial charge in [0.15, 0.2) is 12.4 Å². The topological polar surface area (TPSA) is 135 Å². The van der Waals surface area contributed by atoms with Crippen molar-refractivity contribution in [3.63, 3.8) is 0 Å². The summed E-state index contributed by atoms with van der Waals surface area (Å²) in [5.41, 5.74) is 2.80. The van der Waals surface area contributed by atoms with Crippen LogP contribution in [0.25, 0.3) is 0 Å². The van der Waals surface area contributed by atoms with Gasteiger partial charge >= 0.3 is 5.91 Å². The van der Waals surface area contributed by atoms with Crippen molar-refractivity contribution < 1.29 is 36.3 Å². The first-order chi connectivity index (χ1) is 14.9. The fraction of sp³-hybridized carbons (Fsp3) is 0.286. The van der Waals surface area contributed by atoms with Crippen molar-refractivity contribution in [2.75, 3.05) is 5.32 Å². The molecule has 0 spiro atoms. The van der Waals surface area contributed by atoms with Crippen LogP contribution >= 0.6 is 0 Å². The molecule has 0 atom stereocenters. The minimum absolute atomic E-state index is 0. The number of hydrazone groups is 1. The number of para-hydroxylation sites is 2. The normalized spacial score (nSPS) is 10.6. The van der Waals surface area contributed by atoms with E-state index in [9.17, 15) is 24.5 Å². The Morgan fingerprint density at radius 1 is 1.03 bits per heavy atom. The molecular weight excluding hydrogens is 438 g/mol. The molecule has 2 amide bonds. The molecule has 2 N–H and O–H groups in total. The summed E-state index contributed by atoms with van der Waals surface area (Å²) in [5.74, 6) is -1.03. The third-order valence-corrected chi connectivity index (χ3v) is 4.26. The van der Waals surface area contributed by atoms with E-state index in [1.807, 2.05) is 13.0 Å². The van der Waals surface area contributed by atoms with Crippen molar-refractivity contribution in [2.45, 2.75) is 39.2 Å². The van der Waals surface area contributed by atoms with Crippen LogP contribution in [0.3, 0.4) is 0 Å². The Bertz CT molecular complexity index is 982. The number of pyridine rings is 1. The first-order valence-electron chi connectivity index (χ1n) is 9.72. The lowest BCUT2D eigenvalue weighted by Crippen LogP contribution is -3.00. The highest BCUT2D eigenvalue weighted by atomic mass is 35.5. The number of anilines is 1. The number of nitrogens with one attached hydrogen (secondary N) is 2. The number of benzene rings is 1. The van der Waals surface area contributed by atoms with E-state index in [1.54, 1.807) is 35.2 Å². The third-order valence-electron chi connectivity index (χ3n) is 4.26. The number of nitrogens with zero attached hydrogens (tertiary/aromatic N) is 3. The second-order valence-electron chi connectivity index (χ2n) is 6.65. The van der Waals surface area contributed by atoms with Gasteiger partial charge in [-0.2, -0.15) is 9.67 Å². The van der Waals surface area contributed by atoms with E-state index in [0.717, 1.165) is 0 Å². The van der Waals surface area contributed by atoms with Gasteiger partial charge in [-0.05, 0) is 12.5 Å². The lowest BCUT2D eigenvalue weighted by Gasteiger charge is -2.06. The second-order valence-corrected chi connectivity index (χ2v) is 6.65. The van der Waals surface area contributed by atoms with Crippen LogP contribution in [-0.4, -0.2) is 28.2 Å². The minimum Gasteiger partial charge on any atom is -1.00 e. The number of rotatable bonds is 11. The molecule has 32 heavy (non-hydrogen) atoms. The summed E-state index contributed by atoms with van der Waals surface area (Å²) < 4.78 is 1.69. The van der Waals surface area contributed by atoms with E-state index in [-0.39, 0.29) is 61.3 Å². The highest BCUT2D eigenvalue weighted by Crippen LogP contribution is 2.23. The Balaban J connectivity index is 0.00000512. The van der Waals surface area contributed by atoms with E-state index >= 15 is 0 Å². The number of nitro benzene ring substituents is 1. The number of amides is 2. The number of ketones is 1.